The van der Waals surface area contributed by atoms with E-state index < -0.39 is 20.5 Å². The normalized spacial score (nSPS) is 17.2. The number of H-pyrrole nitrogens is 1. The molecule has 4 aromatic rings. The number of amides is 1. The molecule has 13 heteroatoms. The van der Waals surface area contributed by atoms with Gasteiger partial charge in [0.05, 0.1) is 22.9 Å². The quantitative estimate of drug-likeness (QED) is 0.248. The van der Waals surface area contributed by atoms with E-state index in [4.69, 9.17) is 0 Å². The maximum absolute atomic E-state index is 14.9. The number of sulfone groups is 1. The van der Waals surface area contributed by atoms with Crippen molar-refractivity contribution in [3.63, 3.8) is 0 Å². The monoisotopic (exact) mass is 578 g/mol. The number of aromatic amines is 1. The number of likely N-dealkylation sites (tertiary alicyclic amines) is 1. The van der Waals surface area contributed by atoms with Crippen LogP contribution >= 0.6 is 0 Å². The Labute approximate surface area is 236 Å². The first-order chi connectivity index (χ1) is 19.6. The Kier molecular flexibility index (Phi) is 6.75. The van der Waals surface area contributed by atoms with Gasteiger partial charge in [0.2, 0.25) is 11.9 Å². The van der Waals surface area contributed by atoms with Gasteiger partial charge in [0.25, 0.3) is 0 Å². The molecule has 0 bridgehead atoms. The fourth-order valence-electron chi connectivity index (χ4n) is 5.68. The van der Waals surface area contributed by atoms with Crippen molar-refractivity contribution >= 4 is 44.1 Å². The first kappa shape index (κ1) is 27.2. The number of halogens is 1. The van der Waals surface area contributed by atoms with Crippen molar-refractivity contribution in [2.45, 2.75) is 31.2 Å². The van der Waals surface area contributed by atoms with Gasteiger partial charge in [0, 0.05) is 67.4 Å². The number of hydrogen-bond acceptors (Lipinski definition) is 9. The summed E-state index contributed by atoms with van der Waals surface area (Å²) >= 11 is 0. The standard InChI is InChI=1S/C28H31FN8O3S/c1-4-20(37-14-28(15-37)12-30-13-28)26(38)36-25-24-17(8-9-31-25)18(11-32-24)23-16(2)10-33-27(35-23)34-19-6-5-7-21(22(19)29)41(3,39)40/h5-11,20,30,32H,4,12-15H2,1-3H3,(H,31,36,38)(H,33,34,35)/t20-/m1/s1. The SMILES string of the molecule is CC[C@H](C(=O)Nc1nccc2c(-c3nc(Nc4cccc(S(C)(=O)=O)c4F)ncc3C)c[nH]c12)N1CC2(CNC2)C1. The van der Waals surface area contributed by atoms with Crippen LogP contribution in [0.4, 0.5) is 21.8 Å². The summed E-state index contributed by atoms with van der Waals surface area (Å²) in [6.45, 7) is 7.73. The lowest BCUT2D eigenvalue weighted by Crippen LogP contribution is -2.73. The van der Waals surface area contributed by atoms with Gasteiger partial charge in [-0.2, -0.15) is 0 Å². The average Bonchev–Trinajstić information content (AvgIpc) is 3.31. The summed E-state index contributed by atoms with van der Waals surface area (Å²) in [5.41, 5.74) is 3.04. The van der Waals surface area contributed by atoms with Gasteiger partial charge in [-0.3, -0.25) is 9.69 Å². The van der Waals surface area contributed by atoms with E-state index in [-0.39, 0.29) is 23.6 Å². The summed E-state index contributed by atoms with van der Waals surface area (Å²) in [6, 6.07) is 5.69. The smallest absolute Gasteiger partial charge is 0.242 e. The number of nitrogens with zero attached hydrogens (tertiary/aromatic N) is 4. The zero-order valence-electron chi connectivity index (χ0n) is 23.0. The van der Waals surface area contributed by atoms with E-state index in [0.29, 0.717) is 28.9 Å². The second-order valence-corrected chi connectivity index (χ2v) is 12.9. The van der Waals surface area contributed by atoms with Crippen molar-refractivity contribution in [1.29, 1.82) is 0 Å². The van der Waals surface area contributed by atoms with Gasteiger partial charge in [-0.05, 0) is 37.1 Å². The number of carbonyl (C=O) groups is 1. The maximum atomic E-state index is 14.9. The van der Waals surface area contributed by atoms with Crippen LogP contribution in [0.2, 0.25) is 0 Å². The lowest BCUT2D eigenvalue weighted by Gasteiger charge is -2.58. The van der Waals surface area contributed by atoms with Crippen molar-refractivity contribution in [3.8, 4) is 11.3 Å². The minimum Gasteiger partial charge on any atom is -0.357 e. The van der Waals surface area contributed by atoms with Gasteiger partial charge in [-0.25, -0.2) is 27.8 Å². The van der Waals surface area contributed by atoms with Gasteiger partial charge in [0.15, 0.2) is 21.5 Å². The summed E-state index contributed by atoms with van der Waals surface area (Å²) in [6.07, 6.45) is 6.68. The number of benzene rings is 1. The minimum absolute atomic E-state index is 0.0528. The molecule has 1 aromatic carbocycles. The maximum Gasteiger partial charge on any atom is 0.242 e. The van der Waals surface area contributed by atoms with Crippen molar-refractivity contribution in [1.82, 2.24) is 30.2 Å². The Balaban J connectivity index is 1.26. The van der Waals surface area contributed by atoms with Crippen LogP contribution < -0.4 is 16.0 Å². The Bertz CT molecular complexity index is 1760. The molecule has 0 saturated carbocycles. The first-order valence-corrected chi connectivity index (χ1v) is 15.3. The molecule has 41 heavy (non-hydrogen) atoms. The molecule has 2 aliphatic heterocycles. The summed E-state index contributed by atoms with van der Waals surface area (Å²) in [7, 11) is -3.75. The molecule has 2 fully saturated rings. The van der Waals surface area contributed by atoms with Crippen molar-refractivity contribution in [2.75, 3.05) is 43.1 Å². The molecule has 0 unspecified atom stereocenters. The van der Waals surface area contributed by atoms with Crippen LogP contribution in [0.5, 0.6) is 0 Å². The fourth-order valence-corrected chi connectivity index (χ4v) is 6.44. The number of aryl methyl sites for hydroxylation is 1. The molecule has 2 aliphatic rings. The number of pyridine rings is 1. The van der Waals surface area contributed by atoms with E-state index in [1.807, 2.05) is 19.9 Å². The molecule has 6 rings (SSSR count). The molecular formula is C28H31FN8O3S. The van der Waals surface area contributed by atoms with E-state index in [9.17, 15) is 17.6 Å². The number of aromatic nitrogens is 4. The number of rotatable bonds is 8. The number of hydrogen-bond donors (Lipinski definition) is 4. The van der Waals surface area contributed by atoms with E-state index in [1.54, 1.807) is 18.6 Å². The van der Waals surface area contributed by atoms with Crippen LogP contribution in [0.15, 0.2) is 47.8 Å². The summed E-state index contributed by atoms with van der Waals surface area (Å²) < 4.78 is 38.8. The van der Waals surface area contributed by atoms with Crippen LogP contribution in [-0.4, -0.2) is 77.6 Å². The highest BCUT2D eigenvalue weighted by Crippen LogP contribution is 2.37. The van der Waals surface area contributed by atoms with Crippen LogP contribution in [0.1, 0.15) is 18.9 Å². The molecule has 4 N–H and O–H groups in total. The molecule has 2 saturated heterocycles. The average molecular weight is 579 g/mol. The van der Waals surface area contributed by atoms with Crippen molar-refractivity contribution in [3.05, 3.63) is 54.2 Å². The second-order valence-electron chi connectivity index (χ2n) is 10.9. The fraction of sp³-hybridized carbons (Fsp3) is 0.357. The molecule has 214 valence electrons. The second kappa shape index (κ2) is 10.2. The van der Waals surface area contributed by atoms with Crippen molar-refractivity contribution < 1.29 is 17.6 Å². The molecule has 1 amide bonds. The number of nitrogens with one attached hydrogen (secondary N) is 4. The third-order valence-electron chi connectivity index (χ3n) is 7.89. The van der Waals surface area contributed by atoms with Gasteiger partial charge in [-0.1, -0.05) is 13.0 Å². The molecule has 1 spiro atoms. The Morgan fingerprint density at radius 3 is 2.68 bits per heavy atom. The van der Waals surface area contributed by atoms with E-state index >= 15 is 0 Å². The number of fused-ring (bicyclic) bond motifs is 1. The van der Waals surface area contributed by atoms with Crippen LogP contribution in [0, 0.1) is 18.2 Å². The summed E-state index contributed by atoms with van der Waals surface area (Å²) in [5, 5.41) is 9.94. The molecule has 5 heterocycles. The van der Waals surface area contributed by atoms with Crippen molar-refractivity contribution in [2.24, 2.45) is 5.41 Å². The lowest BCUT2D eigenvalue weighted by atomic mass is 9.73. The Morgan fingerprint density at radius 1 is 1.22 bits per heavy atom. The highest BCUT2D eigenvalue weighted by Gasteiger charge is 2.50. The lowest BCUT2D eigenvalue weighted by molar-refractivity contribution is -0.130. The predicted octanol–water partition coefficient (Wildman–Crippen LogP) is 3.24. The van der Waals surface area contributed by atoms with E-state index in [1.165, 1.54) is 18.2 Å². The minimum atomic E-state index is -3.75. The zero-order valence-corrected chi connectivity index (χ0v) is 23.8. The van der Waals surface area contributed by atoms with Gasteiger partial charge in [-0.15, -0.1) is 0 Å². The number of anilines is 3. The van der Waals surface area contributed by atoms with Gasteiger partial charge < -0.3 is 20.9 Å². The highest BCUT2D eigenvalue weighted by molar-refractivity contribution is 7.90. The number of carbonyl (C=O) groups excluding carboxylic acids is 1. The molecule has 11 nitrogen and oxygen atoms in total. The van der Waals surface area contributed by atoms with E-state index in [0.717, 1.165) is 48.9 Å². The largest absolute Gasteiger partial charge is 0.357 e. The summed E-state index contributed by atoms with van der Waals surface area (Å²) in [4.78, 5) is 31.6. The van der Waals surface area contributed by atoms with Crippen LogP contribution in [0.3, 0.4) is 0 Å². The molecule has 0 aliphatic carbocycles. The molecule has 1 atom stereocenters. The highest BCUT2D eigenvalue weighted by atomic mass is 32.2. The predicted molar refractivity (Wildman–Crippen MR) is 154 cm³/mol. The molecular weight excluding hydrogens is 547 g/mol. The third kappa shape index (κ3) is 4.94. The Morgan fingerprint density at radius 2 is 2.00 bits per heavy atom. The first-order valence-electron chi connectivity index (χ1n) is 13.4. The topological polar surface area (TPSA) is 145 Å². The zero-order chi connectivity index (χ0) is 28.9. The third-order valence-corrected chi connectivity index (χ3v) is 9.00. The van der Waals surface area contributed by atoms with Crippen LogP contribution in [-0.2, 0) is 14.6 Å². The van der Waals surface area contributed by atoms with Gasteiger partial charge in [0.1, 0.15) is 4.90 Å². The Hall–Kier alpha value is -3.94. The van der Waals surface area contributed by atoms with Crippen LogP contribution in [0.25, 0.3) is 22.2 Å². The molecule has 3 aromatic heterocycles. The van der Waals surface area contributed by atoms with E-state index in [2.05, 4.69) is 40.8 Å². The summed E-state index contributed by atoms with van der Waals surface area (Å²) in [5.74, 6) is -0.453. The molecule has 0 radical (unpaired) electrons. The van der Waals surface area contributed by atoms with Gasteiger partial charge >= 0.3 is 0 Å².